The van der Waals surface area contributed by atoms with Gasteiger partial charge in [0.2, 0.25) is 0 Å². The molecule has 2 aromatic heterocycles. The summed E-state index contributed by atoms with van der Waals surface area (Å²) in [7, 11) is 0. The summed E-state index contributed by atoms with van der Waals surface area (Å²) >= 11 is 1.28. The summed E-state index contributed by atoms with van der Waals surface area (Å²) in [5.74, 6) is 1.00. The van der Waals surface area contributed by atoms with Crippen molar-refractivity contribution < 1.29 is 9.90 Å². The summed E-state index contributed by atoms with van der Waals surface area (Å²) in [6.45, 7) is 3.74. The number of rotatable bonds is 4. The summed E-state index contributed by atoms with van der Waals surface area (Å²) in [4.78, 5) is 19.0. The molecule has 1 saturated heterocycles. The molecule has 2 aromatic rings. The molecule has 3 rings (SSSR count). The third-order valence-corrected chi connectivity index (χ3v) is 4.92. The van der Waals surface area contributed by atoms with E-state index in [9.17, 15) is 9.90 Å². The van der Waals surface area contributed by atoms with Crippen molar-refractivity contribution in [3.63, 3.8) is 0 Å². The first-order valence-corrected chi connectivity index (χ1v) is 8.56. The Kier molecular flexibility index (Phi) is 4.88. The number of amides is 1. The first-order valence-electron chi connectivity index (χ1n) is 7.72. The lowest BCUT2D eigenvalue weighted by molar-refractivity contribution is 0.102. The molecular weight excluding hydrogens is 312 g/mol. The number of carbonyl (C=O) groups is 1. The van der Waals surface area contributed by atoms with Crippen molar-refractivity contribution in [2.45, 2.75) is 19.8 Å². The van der Waals surface area contributed by atoms with E-state index in [4.69, 9.17) is 0 Å². The van der Waals surface area contributed by atoms with E-state index in [2.05, 4.69) is 19.6 Å². The SMILES string of the molecule is Cc1nscc1C(=O)Nc1cccnc1N1CCC(CO)CC1. The predicted molar refractivity (Wildman–Crippen MR) is 91.1 cm³/mol. The van der Waals surface area contributed by atoms with Gasteiger partial charge in [0.15, 0.2) is 5.82 Å². The fraction of sp³-hybridized carbons (Fsp3) is 0.438. The summed E-state index contributed by atoms with van der Waals surface area (Å²) < 4.78 is 4.14. The van der Waals surface area contributed by atoms with Gasteiger partial charge in [-0.1, -0.05) is 0 Å². The van der Waals surface area contributed by atoms with Crippen LogP contribution in [0.4, 0.5) is 11.5 Å². The van der Waals surface area contributed by atoms with Gasteiger partial charge in [0, 0.05) is 31.3 Å². The fourth-order valence-electron chi connectivity index (χ4n) is 2.77. The number of piperidine rings is 1. The number of aryl methyl sites for hydroxylation is 1. The lowest BCUT2D eigenvalue weighted by atomic mass is 9.98. The van der Waals surface area contributed by atoms with E-state index >= 15 is 0 Å². The van der Waals surface area contributed by atoms with E-state index in [1.54, 1.807) is 11.6 Å². The molecule has 0 aliphatic carbocycles. The first-order chi connectivity index (χ1) is 11.2. The number of nitrogens with zero attached hydrogens (tertiary/aromatic N) is 3. The summed E-state index contributed by atoms with van der Waals surface area (Å²) in [5.41, 5.74) is 2.05. The number of carbonyl (C=O) groups excluding carboxylic acids is 1. The van der Waals surface area contributed by atoms with E-state index in [0.29, 0.717) is 17.2 Å². The number of aromatic nitrogens is 2. The van der Waals surface area contributed by atoms with Gasteiger partial charge in [0.05, 0.1) is 16.9 Å². The Morgan fingerprint density at radius 1 is 1.48 bits per heavy atom. The van der Waals surface area contributed by atoms with Crippen LogP contribution in [0.2, 0.25) is 0 Å². The van der Waals surface area contributed by atoms with Crippen LogP contribution in [0.1, 0.15) is 28.9 Å². The Balaban J connectivity index is 1.76. The van der Waals surface area contributed by atoms with Crippen LogP contribution in [0.5, 0.6) is 0 Å². The lowest BCUT2D eigenvalue weighted by Gasteiger charge is -2.33. The van der Waals surface area contributed by atoms with Gasteiger partial charge in [-0.2, -0.15) is 4.37 Å². The number of aliphatic hydroxyl groups excluding tert-OH is 1. The van der Waals surface area contributed by atoms with Crippen molar-refractivity contribution in [3.8, 4) is 0 Å². The molecule has 1 fully saturated rings. The van der Waals surface area contributed by atoms with Crippen molar-refractivity contribution in [1.82, 2.24) is 9.36 Å². The molecule has 0 bridgehead atoms. The number of hydrogen-bond donors (Lipinski definition) is 2. The number of anilines is 2. The van der Waals surface area contributed by atoms with Crippen LogP contribution in [-0.2, 0) is 0 Å². The van der Waals surface area contributed by atoms with E-state index in [1.807, 2.05) is 19.1 Å². The molecule has 1 amide bonds. The molecule has 0 unspecified atom stereocenters. The molecule has 0 saturated carbocycles. The average molecular weight is 332 g/mol. The Morgan fingerprint density at radius 3 is 2.91 bits per heavy atom. The third-order valence-electron chi connectivity index (χ3n) is 4.20. The van der Waals surface area contributed by atoms with Crippen LogP contribution >= 0.6 is 11.5 Å². The van der Waals surface area contributed by atoms with Gasteiger partial charge in [-0.25, -0.2) is 4.98 Å². The second-order valence-corrected chi connectivity index (χ2v) is 6.38. The van der Waals surface area contributed by atoms with Gasteiger partial charge in [0.1, 0.15) is 0 Å². The Hall–Kier alpha value is -1.99. The molecule has 2 N–H and O–H groups in total. The highest BCUT2D eigenvalue weighted by Crippen LogP contribution is 2.28. The standard InChI is InChI=1S/C16H20N4O2S/c1-11-13(10-23-19-11)16(22)18-14-3-2-6-17-15(14)20-7-4-12(9-21)5-8-20/h2-3,6,10,12,21H,4-5,7-9H2,1H3,(H,18,22). The van der Waals surface area contributed by atoms with E-state index < -0.39 is 0 Å². The van der Waals surface area contributed by atoms with Crippen molar-refractivity contribution in [2.75, 3.05) is 29.9 Å². The molecule has 122 valence electrons. The van der Waals surface area contributed by atoms with Crippen LogP contribution in [0.15, 0.2) is 23.7 Å². The van der Waals surface area contributed by atoms with Crippen LogP contribution in [0.25, 0.3) is 0 Å². The molecule has 1 aliphatic heterocycles. The second-order valence-electron chi connectivity index (χ2n) is 5.76. The largest absolute Gasteiger partial charge is 0.396 e. The minimum Gasteiger partial charge on any atom is -0.396 e. The summed E-state index contributed by atoms with van der Waals surface area (Å²) in [6, 6.07) is 3.69. The number of nitrogens with one attached hydrogen (secondary N) is 1. The normalized spacial score (nSPS) is 15.7. The zero-order valence-corrected chi connectivity index (χ0v) is 13.8. The molecule has 1 aliphatic rings. The first kappa shape index (κ1) is 15.9. The van der Waals surface area contributed by atoms with Crippen LogP contribution in [0.3, 0.4) is 0 Å². The zero-order valence-electron chi connectivity index (χ0n) is 13.0. The monoisotopic (exact) mass is 332 g/mol. The molecule has 3 heterocycles. The highest BCUT2D eigenvalue weighted by Gasteiger charge is 2.22. The lowest BCUT2D eigenvalue weighted by Crippen LogP contribution is -2.35. The van der Waals surface area contributed by atoms with Crippen molar-refractivity contribution in [2.24, 2.45) is 5.92 Å². The minimum atomic E-state index is -0.157. The maximum absolute atomic E-state index is 12.4. The summed E-state index contributed by atoms with van der Waals surface area (Å²) in [6.07, 6.45) is 3.61. The van der Waals surface area contributed by atoms with E-state index in [0.717, 1.165) is 37.4 Å². The summed E-state index contributed by atoms with van der Waals surface area (Å²) in [5, 5.41) is 14.0. The second kappa shape index (κ2) is 7.06. The highest BCUT2D eigenvalue weighted by atomic mass is 32.1. The van der Waals surface area contributed by atoms with Crippen LogP contribution in [-0.4, -0.2) is 40.1 Å². The van der Waals surface area contributed by atoms with Crippen molar-refractivity contribution in [1.29, 1.82) is 0 Å². The van der Waals surface area contributed by atoms with Gasteiger partial charge >= 0.3 is 0 Å². The third kappa shape index (κ3) is 3.51. The average Bonchev–Trinajstić information content (AvgIpc) is 3.02. The van der Waals surface area contributed by atoms with Gasteiger partial charge < -0.3 is 15.3 Å². The minimum absolute atomic E-state index is 0.157. The number of aliphatic hydroxyl groups is 1. The number of hydrogen-bond acceptors (Lipinski definition) is 6. The molecule has 23 heavy (non-hydrogen) atoms. The molecule has 0 radical (unpaired) electrons. The van der Waals surface area contributed by atoms with Gasteiger partial charge in [-0.05, 0) is 49.3 Å². The fourth-order valence-corrected chi connectivity index (χ4v) is 3.47. The molecule has 0 atom stereocenters. The molecule has 7 heteroatoms. The predicted octanol–water partition coefficient (Wildman–Crippen LogP) is 2.31. The Bertz CT molecular complexity index is 680. The van der Waals surface area contributed by atoms with Crippen molar-refractivity contribution >= 4 is 28.9 Å². The molecular formula is C16H20N4O2S. The smallest absolute Gasteiger partial charge is 0.258 e. The maximum atomic E-state index is 12.4. The molecule has 0 spiro atoms. The number of pyridine rings is 1. The van der Waals surface area contributed by atoms with Crippen LogP contribution < -0.4 is 10.2 Å². The zero-order chi connectivity index (χ0) is 16.2. The molecule has 6 nitrogen and oxygen atoms in total. The highest BCUT2D eigenvalue weighted by molar-refractivity contribution is 7.04. The van der Waals surface area contributed by atoms with Crippen molar-refractivity contribution in [3.05, 3.63) is 35.0 Å². The quantitative estimate of drug-likeness (QED) is 0.898. The van der Waals surface area contributed by atoms with Gasteiger partial charge in [0.25, 0.3) is 5.91 Å². The van der Waals surface area contributed by atoms with E-state index in [-0.39, 0.29) is 12.5 Å². The Morgan fingerprint density at radius 2 is 2.26 bits per heavy atom. The van der Waals surface area contributed by atoms with Gasteiger partial charge in [-0.15, -0.1) is 0 Å². The topological polar surface area (TPSA) is 78.4 Å². The molecule has 0 aromatic carbocycles. The van der Waals surface area contributed by atoms with Crippen LogP contribution in [0, 0.1) is 12.8 Å². The Labute approximate surface area is 139 Å². The maximum Gasteiger partial charge on any atom is 0.258 e. The van der Waals surface area contributed by atoms with Gasteiger partial charge in [-0.3, -0.25) is 4.79 Å². The van der Waals surface area contributed by atoms with E-state index in [1.165, 1.54) is 11.5 Å².